The highest BCUT2D eigenvalue weighted by atomic mass is 16.7. The van der Waals surface area contributed by atoms with E-state index in [9.17, 15) is 10.2 Å². The lowest BCUT2D eigenvalue weighted by atomic mass is 9.98. The Bertz CT molecular complexity index is 937. The standard InChI is InChI=1S/C27H30O6/c28-16-23-24(29)25(30-17-20-10-4-1-5-11-20)26(31-18-21-12-6-2-7-13-21)27(33-23)32-19-22-14-8-3-9-15-22/h1-15,23-29H,16-19H2/t23-,24-,25+,26-,27+/m0/s1. The van der Waals surface area contributed by atoms with E-state index >= 15 is 0 Å². The van der Waals surface area contributed by atoms with Gasteiger partial charge in [0, 0.05) is 0 Å². The summed E-state index contributed by atoms with van der Waals surface area (Å²) in [7, 11) is 0. The van der Waals surface area contributed by atoms with E-state index in [1.807, 2.05) is 91.0 Å². The van der Waals surface area contributed by atoms with Crippen LogP contribution < -0.4 is 0 Å². The molecule has 2 N–H and O–H groups in total. The van der Waals surface area contributed by atoms with Crippen molar-refractivity contribution in [2.45, 2.75) is 50.5 Å². The lowest BCUT2D eigenvalue weighted by molar-refractivity contribution is -0.322. The van der Waals surface area contributed by atoms with Gasteiger partial charge >= 0.3 is 0 Å². The van der Waals surface area contributed by atoms with Gasteiger partial charge in [-0.05, 0) is 16.7 Å². The fraction of sp³-hybridized carbons (Fsp3) is 0.333. The van der Waals surface area contributed by atoms with Crippen LogP contribution >= 0.6 is 0 Å². The summed E-state index contributed by atoms with van der Waals surface area (Å²) < 4.78 is 24.4. The van der Waals surface area contributed by atoms with E-state index in [-0.39, 0.29) is 13.2 Å². The quantitative estimate of drug-likeness (QED) is 0.493. The minimum Gasteiger partial charge on any atom is -0.394 e. The molecule has 0 aliphatic carbocycles. The van der Waals surface area contributed by atoms with Crippen LogP contribution in [0.1, 0.15) is 16.7 Å². The van der Waals surface area contributed by atoms with Crippen LogP contribution in [0.15, 0.2) is 91.0 Å². The van der Waals surface area contributed by atoms with Crippen molar-refractivity contribution in [2.24, 2.45) is 0 Å². The lowest BCUT2D eigenvalue weighted by Gasteiger charge is -2.43. The van der Waals surface area contributed by atoms with Gasteiger partial charge in [-0.3, -0.25) is 0 Å². The third-order valence-corrected chi connectivity index (χ3v) is 5.63. The van der Waals surface area contributed by atoms with Gasteiger partial charge in [0.1, 0.15) is 24.4 Å². The Morgan fingerprint density at radius 2 is 1.03 bits per heavy atom. The first-order valence-electron chi connectivity index (χ1n) is 11.2. The maximum atomic E-state index is 10.9. The third kappa shape index (κ3) is 6.48. The normalized spacial score (nSPS) is 25.1. The molecule has 1 aliphatic heterocycles. The zero-order valence-electron chi connectivity index (χ0n) is 18.4. The van der Waals surface area contributed by atoms with E-state index in [0.29, 0.717) is 13.2 Å². The van der Waals surface area contributed by atoms with Gasteiger partial charge in [-0.2, -0.15) is 0 Å². The first-order valence-corrected chi connectivity index (χ1v) is 11.2. The van der Waals surface area contributed by atoms with Gasteiger partial charge in [-0.15, -0.1) is 0 Å². The smallest absolute Gasteiger partial charge is 0.187 e. The molecule has 1 aliphatic rings. The Morgan fingerprint density at radius 1 is 0.606 bits per heavy atom. The van der Waals surface area contributed by atoms with Crippen LogP contribution in [0.2, 0.25) is 0 Å². The maximum absolute atomic E-state index is 10.9. The van der Waals surface area contributed by atoms with Crippen LogP contribution in [0.5, 0.6) is 0 Å². The summed E-state index contributed by atoms with van der Waals surface area (Å²) in [4.78, 5) is 0. The van der Waals surface area contributed by atoms with Gasteiger partial charge in [-0.1, -0.05) is 91.0 Å². The zero-order valence-corrected chi connectivity index (χ0v) is 18.4. The summed E-state index contributed by atoms with van der Waals surface area (Å²) >= 11 is 0. The number of aliphatic hydroxyl groups is 2. The van der Waals surface area contributed by atoms with Crippen LogP contribution in [0.3, 0.4) is 0 Å². The van der Waals surface area contributed by atoms with E-state index < -0.39 is 30.7 Å². The van der Waals surface area contributed by atoms with Crippen LogP contribution in [-0.2, 0) is 38.8 Å². The summed E-state index contributed by atoms with van der Waals surface area (Å²) in [6.45, 7) is 0.540. The molecule has 4 rings (SSSR count). The first-order chi connectivity index (χ1) is 16.2. The molecule has 0 unspecified atom stereocenters. The molecular weight excluding hydrogens is 420 g/mol. The number of ether oxygens (including phenoxy) is 4. The molecule has 0 spiro atoms. The molecule has 0 radical (unpaired) electrons. The van der Waals surface area contributed by atoms with Crippen molar-refractivity contribution in [1.82, 2.24) is 0 Å². The molecular formula is C27H30O6. The maximum Gasteiger partial charge on any atom is 0.187 e. The number of hydrogen-bond donors (Lipinski definition) is 2. The highest BCUT2D eigenvalue weighted by Gasteiger charge is 2.47. The van der Waals surface area contributed by atoms with Crippen LogP contribution in [0.25, 0.3) is 0 Å². The summed E-state index contributed by atoms with van der Waals surface area (Å²) in [5.41, 5.74) is 2.94. The molecule has 33 heavy (non-hydrogen) atoms. The van der Waals surface area contributed by atoms with E-state index in [1.54, 1.807) is 0 Å². The van der Waals surface area contributed by atoms with Crippen molar-refractivity contribution in [3.8, 4) is 0 Å². The fourth-order valence-electron chi connectivity index (χ4n) is 3.83. The predicted molar refractivity (Wildman–Crippen MR) is 123 cm³/mol. The van der Waals surface area contributed by atoms with Crippen LogP contribution in [0.4, 0.5) is 0 Å². The fourth-order valence-corrected chi connectivity index (χ4v) is 3.83. The Hall–Kier alpha value is -2.58. The van der Waals surface area contributed by atoms with Crippen LogP contribution in [0, 0.1) is 0 Å². The average molecular weight is 451 g/mol. The number of benzene rings is 3. The second-order valence-corrected chi connectivity index (χ2v) is 8.04. The summed E-state index contributed by atoms with van der Waals surface area (Å²) in [6, 6.07) is 29.2. The van der Waals surface area contributed by atoms with Crippen molar-refractivity contribution in [3.05, 3.63) is 108 Å². The van der Waals surface area contributed by atoms with Gasteiger partial charge in [0.2, 0.25) is 0 Å². The van der Waals surface area contributed by atoms with Crippen molar-refractivity contribution in [3.63, 3.8) is 0 Å². The highest BCUT2D eigenvalue weighted by Crippen LogP contribution is 2.29. The molecule has 0 bridgehead atoms. The van der Waals surface area contributed by atoms with Crippen LogP contribution in [-0.4, -0.2) is 47.5 Å². The second-order valence-electron chi connectivity index (χ2n) is 8.04. The van der Waals surface area contributed by atoms with E-state index in [2.05, 4.69) is 0 Å². The molecule has 3 aromatic carbocycles. The highest BCUT2D eigenvalue weighted by molar-refractivity contribution is 5.15. The topological polar surface area (TPSA) is 77.4 Å². The minimum atomic E-state index is -1.07. The second kappa shape index (κ2) is 12.0. The molecule has 1 saturated heterocycles. The van der Waals surface area contributed by atoms with Crippen molar-refractivity contribution >= 4 is 0 Å². The molecule has 1 heterocycles. The molecule has 1 fully saturated rings. The average Bonchev–Trinajstić information content (AvgIpc) is 2.88. The summed E-state index contributed by atoms with van der Waals surface area (Å²) in [5.74, 6) is 0. The predicted octanol–water partition coefficient (Wildman–Crippen LogP) is 3.45. The van der Waals surface area contributed by atoms with Gasteiger partial charge < -0.3 is 29.2 Å². The first kappa shape index (κ1) is 23.6. The van der Waals surface area contributed by atoms with Crippen molar-refractivity contribution in [1.29, 1.82) is 0 Å². The minimum absolute atomic E-state index is 0.289. The Balaban J connectivity index is 1.52. The molecule has 0 saturated carbocycles. The van der Waals surface area contributed by atoms with E-state index in [4.69, 9.17) is 18.9 Å². The van der Waals surface area contributed by atoms with Crippen molar-refractivity contribution < 1.29 is 29.2 Å². The number of rotatable bonds is 10. The Labute approximate surface area is 194 Å². The molecule has 6 heteroatoms. The van der Waals surface area contributed by atoms with Gasteiger partial charge in [0.25, 0.3) is 0 Å². The zero-order chi connectivity index (χ0) is 22.9. The monoisotopic (exact) mass is 450 g/mol. The molecule has 3 aromatic rings. The number of hydrogen-bond acceptors (Lipinski definition) is 6. The molecule has 174 valence electrons. The Kier molecular flexibility index (Phi) is 8.60. The largest absolute Gasteiger partial charge is 0.394 e. The molecule has 6 nitrogen and oxygen atoms in total. The van der Waals surface area contributed by atoms with Gasteiger partial charge in [0.15, 0.2) is 6.29 Å². The van der Waals surface area contributed by atoms with Crippen molar-refractivity contribution in [2.75, 3.05) is 6.61 Å². The number of aliphatic hydroxyl groups excluding tert-OH is 2. The van der Waals surface area contributed by atoms with Gasteiger partial charge in [0.05, 0.1) is 26.4 Å². The SMILES string of the molecule is OC[C@@H]1O[C@@H](OCc2ccccc2)[C@@H](OCc2ccccc2)[C@H](OCc2ccccc2)[C@H]1O. The Morgan fingerprint density at radius 3 is 1.48 bits per heavy atom. The van der Waals surface area contributed by atoms with E-state index in [1.165, 1.54) is 0 Å². The summed E-state index contributed by atoms with van der Waals surface area (Å²) in [5, 5.41) is 20.8. The van der Waals surface area contributed by atoms with Gasteiger partial charge in [-0.25, -0.2) is 0 Å². The molecule has 5 atom stereocenters. The summed E-state index contributed by atoms with van der Waals surface area (Å²) in [6.07, 6.45) is -4.19. The van der Waals surface area contributed by atoms with E-state index in [0.717, 1.165) is 16.7 Å². The molecule has 0 amide bonds. The molecule has 0 aromatic heterocycles. The lowest BCUT2D eigenvalue weighted by Crippen LogP contribution is -2.60. The third-order valence-electron chi connectivity index (χ3n) is 5.63.